The second-order valence-corrected chi connectivity index (χ2v) is 4.00. The van der Waals surface area contributed by atoms with Crippen molar-refractivity contribution in [3.8, 4) is 11.8 Å². The summed E-state index contributed by atoms with van der Waals surface area (Å²) in [5.74, 6) is 6.35. The van der Waals surface area contributed by atoms with Crippen molar-refractivity contribution in [2.45, 2.75) is 39.5 Å². The fourth-order valence-corrected chi connectivity index (χ4v) is 1.46. The minimum absolute atomic E-state index is 1.09. The third kappa shape index (κ3) is 5.41. The summed E-state index contributed by atoms with van der Waals surface area (Å²) in [6, 6.07) is 10.1. The van der Waals surface area contributed by atoms with Gasteiger partial charge in [-0.15, -0.1) is 0 Å². The molecule has 0 amide bonds. The number of unbranched alkanes of at least 4 members (excludes halogenated alkanes) is 3. The van der Waals surface area contributed by atoms with Crippen molar-refractivity contribution < 1.29 is 0 Å². The van der Waals surface area contributed by atoms with Gasteiger partial charge in [-0.05, 0) is 37.5 Å². The predicted molar refractivity (Wildman–Crippen MR) is 71.2 cm³/mol. The molecule has 0 unspecified atom stereocenters. The van der Waals surface area contributed by atoms with Gasteiger partial charge < -0.3 is 0 Å². The van der Waals surface area contributed by atoms with Crippen LogP contribution in [0.3, 0.4) is 0 Å². The quantitative estimate of drug-likeness (QED) is 0.507. The standard InChI is InChI=1S/C16H20/c1-3-4-5-7-10-15(2)13-14-16-11-8-6-9-12-16/h6,8-12H,3-5,7H2,1-2H3. The van der Waals surface area contributed by atoms with Crippen LogP contribution < -0.4 is 0 Å². The molecule has 1 aromatic carbocycles. The fraction of sp³-hybridized carbons (Fsp3) is 0.375. The molecule has 0 heterocycles. The first-order valence-electron chi connectivity index (χ1n) is 6.06. The first kappa shape index (κ1) is 12.6. The van der Waals surface area contributed by atoms with Crippen molar-refractivity contribution in [2.24, 2.45) is 0 Å². The van der Waals surface area contributed by atoms with E-state index < -0.39 is 0 Å². The minimum atomic E-state index is 1.09. The van der Waals surface area contributed by atoms with Crippen LogP contribution in [0.25, 0.3) is 0 Å². The van der Waals surface area contributed by atoms with Crippen molar-refractivity contribution in [3.63, 3.8) is 0 Å². The van der Waals surface area contributed by atoms with Gasteiger partial charge in [0.1, 0.15) is 0 Å². The molecule has 0 saturated carbocycles. The van der Waals surface area contributed by atoms with E-state index in [1.807, 2.05) is 30.3 Å². The smallest absolute Gasteiger partial charge is 0.0248 e. The molecule has 0 aliphatic rings. The topological polar surface area (TPSA) is 0 Å². The number of benzene rings is 1. The molecule has 0 radical (unpaired) electrons. The molecule has 1 rings (SSSR count). The highest BCUT2D eigenvalue weighted by Gasteiger charge is 1.85. The van der Waals surface area contributed by atoms with Crippen molar-refractivity contribution in [1.29, 1.82) is 0 Å². The van der Waals surface area contributed by atoms with Gasteiger partial charge in [-0.3, -0.25) is 0 Å². The molecule has 0 fully saturated rings. The molecule has 84 valence electrons. The molecule has 0 bridgehead atoms. The molecule has 0 aliphatic heterocycles. The molecule has 0 aromatic heterocycles. The van der Waals surface area contributed by atoms with Crippen LogP contribution in [0.2, 0.25) is 0 Å². The van der Waals surface area contributed by atoms with Gasteiger partial charge in [0.25, 0.3) is 0 Å². The Balaban J connectivity index is 2.45. The van der Waals surface area contributed by atoms with Gasteiger partial charge >= 0.3 is 0 Å². The molecule has 0 heteroatoms. The van der Waals surface area contributed by atoms with E-state index in [-0.39, 0.29) is 0 Å². The van der Waals surface area contributed by atoms with E-state index in [4.69, 9.17) is 0 Å². The Labute approximate surface area is 99.4 Å². The summed E-state index contributed by atoms with van der Waals surface area (Å²) in [4.78, 5) is 0. The third-order valence-electron chi connectivity index (χ3n) is 2.44. The lowest BCUT2D eigenvalue weighted by Gasteiger charge is -1.93. The third-order valence-corrected chi connectivity index (χ3v) is 2.44. The van der Waals surface area contributed by atoms with Crippen molar-refractivity contribution in [2.75, 3.05) is 0 Å². The summed E-state index contributed by atoms with van der Waals surface area (Å²) in [6.07, 6.45) is 7.27. The van der Waals surface area contributed by atoms with Crippen LogP contribution in [0.1, 0.15) is 45.1 Å². The van der Waals surface area contributed by atoms with E-state index in [1.54, 1.807) is 0 Å². The highest BCUT2D eigenvalue weighted by Crippen LogP contribution is 2.03. The zero-order chi connectivity index (χ0) is 11.6. The van der Waals surface area contributed by atoms with Crippen molar-refractivity contribution in [1.82, 2.24) is 0 Å². The van der Waals surface area contributed by atoms with E-state index >= 15 is 0 Å². The van der Waals surface area contributed by atoms with Gasteiger partial charge in [0, 0.05) is 5.56 Å². The molecule has 0 N–H and O–H groups in total. The molecule has 16 heavy (non-hydrogen) atoms. The highest BCUT2D eigenvalue weighted by molar-refractivity contribution is 5.39. The molecular weight excluding hydrogens is 192 g/mol. The van der Waals surface area contributed by atoms with Crippen LogP contribution in [0, 0.1) is 11.8 Å². The van der Waals surface area contributed by atoms with Crippen molar-refractivity contribution in [3.05, 3.63) is 47.5 Å². The van der Waals surface area contributed by atoms with Crippen LogP contribution in [0.4, 0.5) is 0 Å². The van der Waals surface area contributed by atoms with E-state index in [2.05, 4.69) is 31.8 Å². The fourth-order valence-electron chi connectivity index (χ4n) is 1.46. The first-order valence-corrected chi connectivity index (χ1v) is 6.06. The average Bonchev–Trinajstić information content (AvgIpc) is 2.33. The Morgan fingerprint density at radius 3 is 2.62 bits per heavy atom. The molecule has 0 spiro atoms. The van der Waals surface area contributed by atoms with Gasteiger partial charge in [-0.1, -0.05) is 55.9 Å². The number of allylic oxidation sites excluding steroid dienone is 2. The van der Waals surface area contributed by atoms with Crippen LogP contribution >= 0.6 is 0 Å². The average molecular weight is 212 g/mol. The van der Waals surface area contributed by atoms with Gasteiger partial charge in [0.2, 0.25) is 0 Å². The second-order valence-electron chi connectivity index (χ2n) is 4.00. The summed E-state index contributed by atoms with van der Waals surface area (Å²) in [5.41, 5.74) is 2.27. The molecule has 0 atom stereocenters. The lowest BCUT2D eigenvalue weighted by atomic mass is 10.1. The monoisotopic (exact) mass is 212 g/mol. The molecule has 0 saturated heterocycles. The van der Waals surface area contributed by atoms with Gasteiger partial charge in [-0.25, -0.2) is 0 Å². The summed E-state index contributed by atoms with van der Waals surface area (Å²) < 4.78 is 0. The van der Waals surface area contributed by atoms with E-state index in [0.29, 0.717) is 0 Å². The molecule has 1 aromatic rings. The lowest BCUT2D eigenvalue weighted by Crippen LogP contribution is -1.75. The summed E-state index contributed by atoms with van der Waals surface area (Å²) in [7, 11) is 0. The van der Waals surface area contributed by atoms with Crippen molar-refractivity contribution >= 4 is 0 Å². The molecule has 0 aliphatic carbocycles. The summed E-state index contributed by atoms with van der Waals surface area (Å²) >= 11 is 0. The predicted octanol–water partition coefficient (Wildman–Crippen LogP) is 4.56. The van der Waals surface area contributed by atoms with Gasteiger partial charge in [0.05, 0.1) is 0 Å². The van der Waals surface area contributed by atoms with E-state index in [1.165, 1.54) is 24.8 Å². The SMILES string of the molecule is CCCCCC=C(C)C#Cc1ccccc1. The maximum absolute atomic E-state index is 3.19. The first-order chi connectivity index (χ1) is 7.83. The lowest BCUT2D eigenvalue weighted by molar-refractivity contribution is 0.728. The Hall–Kier alpha value is -1.48. The highest BCUT2D eigenvalue weighted by atomic mass is 13.9. The zero-order valence-electron chi connectivity index (χ0n) is 10.3. The molecule has 0 nitrogen and oxygen atoms in total. The zero-order valence-corrected chi connectivity index (χ0v) is 10.3. The van der Waals surface area contributed by atoms with E-state index in [0.717, 1.165) is 12.0 Å². The number of rotatable bonds is 4. The summed E-state index contributed by atoms with van der Waals surface area (Å²) in [5, 5.41) is 0. The largest absolute Gasteiger partial charge is 0.0732 e. The Bertz CT molecular complexity index is 373. The molecular formula is C16H20. The van der Waals surface area contributed by atoms with Crippen LogP contribution in [0.5, 0.6) is 0 Å². The second kappa shape index (κ2) is 7.77. The van der Waals surface area contributed by atoms with E-state index in [9.17, 15) is 0 Å². The normalized spacial score (nSPS) is 10.8. The number of hydrogen-bond acceptors (Lipinski definition) is 0. The maximum atomic E-state index is 3.19. The van der Waals surface area contributed by atoms with Gasteiger partial charge in [0.15, 0.2) is 0 Å². The minimum Gasteiger partial charge on any atom is -0.0732 e. The van der Waals surface area contributed by atoms with Crippen LogP contribution in [-0.2, 0) is 0 Å². The van der Waals surface area contributed by atoms with Gasteiger partial charge in [-0.2, -0.15) is 0 Å². The Morgan fingerprint density at radius 1 is 1.19 bits per heavy atom. The van der Waals surface area contributed by atoms with Crippen LogP contribution in [-0.4, -0.2) is 0 Å². The maximum Gasteiger partial charge on any atom is 0.0248 e. The van der Waals surface area contributed by atoms with Crippen LogP contribution in [0.15, 0.2) is 42.0 Å². The Morgan fingerprint density at radius 2 is 1.94 bits per heavy atom. The number of hydrogen-bond donors (Lipinski definition) is 0. The Kier molecular flexibility index (Phi) is 6.11. The summed E-state index contributed by atoms with van der Waals surface area (Å²) in [6.45, 7) is 4.31.